The van der Waals surface area contributed by atoms with Gasteiger partial charge in [-0.2, -0.15) is 5.26 Å². The highest BCUT2D eigenvalue weighted by Crippen LogP contribution is 2.17. The number of Topliss-reactive ketones (excluding diaryl/α,β-unsaturated/α-hetero) is 1. The van der Waals surface area contributed by atoms with Crippen LogP contribution in [0.25, 0.3) is 6.08 Å². The lowest BCUT2D eigenvalue weighted by atomic mass is 10.0. The number of benzene rings is 1. The molecule has 8 heteroatoms. The predicted molar refractivity (Wildman–Crippen MR) is 93.4 cm³/mol. The van der Waals surface area contributed by atoms with Crippen molar-refractivity contribution in [3.8, 4) is 6.07 Å². The van der Waals surface area contributed by atoms with Crippen LogP contribution in [0.1, 0.15) is 15.9 Å². The van der Waals surface area contributed by atoms with Gasteiger partial charge in [-0.3, -0.25) is 18.7 Å². The summed E-state index contributed by atoms with van der Waals surface area (Å²) < 4.78 is 2.54. The van der Waals surface area contributed by atoms with E-state index in [0.717, 1.165) is 13.6 Å². The molecule has 1 heterocycles. The number of rotatable bonds is 3. The first kappa shape index (κ1) is 17.4. The molecule has 0 unspecified atom stereocenters. The van der Waals surface area contributed by atoms with Crippen LogP contribution in [0.3, 0.4) is 0 Å². The fourth-order valence-corrected chi connectivity index (χ4v) is 2.54. The van der Waals surface area contributed by atoms with Crippen LogP contribution in [-0.4, -0.2) is 14.9 Å². The molecule has 0 aliphatic carbocycles. The van der Waals surface area contributed by atoms with E-state index in [1.165, 1.54) is 20.2 Å². The third kappa shape index (κ3) is 3.07. The van der Waals surface area contributed by atoms with Gasteiger partial charge in [-0.05, 0) is 23.8 Å². The molecule has 2 aromatic rings. The first-order valence-corrected chi connectivity index (χ1v) is 7.54. The van der Waals surface area contributed by atoms with Crippen molar-refractivity contribution in [2.45, 2.75) is 0 Å². The molecule has 24 heavy (non-hydrogen) atoms. The summed E-state index contributed by atoms with van der Waals surface area (Å²) in [7, 11) is 2.59. The lowest BCUT2D eigenvalue weighted by molar-refractivity contribution is 0.103. The molecule has 2 rings (SSSR count). The number of aromatic nitrogens is 2. The number of hydrogen-bond acceptors (Lipinski definition) is 5. The van der Waals surface area contributed by atoms with Crippen molar-refractivity contribution in [3.05, 3.63) is 66.3 Å². The Morgan fingerprint density at radius 2 is 1.96 bits per heavy atom. The number of carbonyl (C=O) groups excluding carboxylic acids is 1. The van der Waals surface area contributed by atoms with Crippen molar-refractivity contribution in [1.29, 1.82) is 5.26 Å². The molecule has 0 bridgehead atoms. The molecule has 122 valence electrons. The molecule has 0 spiro atoms. The van der Waals surface area contributed by atoms with Gasteiger partial charge in [-0.1, -0.05) is 28.1 Å². The molecule has 1 aromatic carbocycles. The van der Waals surface area contributed by atoms with E-state index in [-0.39, 0.29) is 11.4 Å². The van der Waals surface area contributed by atoms with Gasteiger partial charge in [0, 0.05) is 18.6 Å². The summed E-state index contributed by atoms with van der Waals surface area (Å²) in [5.41, 5.74) is 4.21. The zero-order chi connectivity index (χ0) is 18.0. The predicted octanol–water partition coefficient (Wildman–Crippen LogP) is 1.22. The zero-order valence-electron chi connectivity index (χ0n) is 12.9. The maximum atomic E-state index is 12.6. The highest BCUT2D eigenvalue weighted by molar-refractivity contribution is 9.10. The summed E-state index contributed by atoms with van der Waals surface area (Å²) in [5, 5.41) is 9.29. The molecule has 0 aliphatic rings. The Bertz CT molecular complexity index is 1030. The number of allylic oxidation sites excluding steroid dienone is 1. The molecule has 0 saturated heterocycles. The van der Waals surface area contributed by atoms with E-state index in [0.29, 0.717) is 5.56 Å². The maximum absolute atomic E-state index is 12.6. The van der Waals surface area contributed by atoms with E-state index >= 15 is 0 Å². The number of nitrogens with two attached hydrogens (primary N) is 1. The van der Waals surface area contributed by atoms with E-state index in [1.54, 1.807) is 30.3 Å². The standard InChI is InChI=1S/C16H13BrN4O3/c1-20-14(19)12(15(23)21(2)16(20)24)13(22)10(8-18)6-9-4-3-5-11(17)7-9/h3-7H,19H2,1-2H3/b10-6+. The minimum atomic E-state index is -0.837. The molecule has 0 fully saturated rings. The number of nitrogens with zero attached hydrogens (tertiary/aromatic N) is 3. The average molecular weight is 389 g/mol. The smallest absolute Gasteiger partial charge is 0.332 e. The molecular weight excluding hydrogens is 376 g/mol. The number of nitrogen functional groups attached to an aromatic ring is 1. The van der Waals surface area contributed by atoms with Crippen LogP contribution >= 0.6 is 15.9 Å². The molecule has 0 radical (unpaired) electrons. The van der Waals surface area contributed by atoms with Gasteiger partial charge in [0.25, 0.3) is 5.56 Å². The Hall–Kier alpha value is -2.92. The third-order valence-corrected chi connectivity index (χ3v) is 3.95. The fourth-order valence-electron chi connectivity index (χ4n) is 2.12. The largest absolute Gasteiger partial charge is 0.384 e. The Morgan fingerprint density at radius 1 is 1.29 bits per heavy atom. The van der Waals surface area contributed by atoms with Crippen molar-refractivity contribution in [3.63, 3.8) is 0 Å². The summed E-state index contributed by atoms with van der Waals surface area (Å²) in [5.74, 6) is -1.10. The second kappa shape index (κ2) is 6.68. The monoisotopic (exact) mass is 388 g/mol. The summed E-state index contributed by atoms with van der Waals surface area (Å²) in [4.78, 5) is 36.6. The van der Waals surface area contributed by atoms with Crippen LogP contribution in [0.4, 0.5) is 5.82 Å². The van der Waals surface area contributed by atoms with Gasteiger partial charge in [0.2, 0.25) is 5.78 Å². The Labute approximate surface area is 145 Å². The maximum Gasteiger partial charge on any atom is 0.332 e. The van der Waals surface area contributed by atoms with Gasteiger partial charge in [-0.25, -0.2) is 4.79 Å². The van der Waals surface area contributed by atoms with Gasteiger partial charge in [0.1, 0.15) is 23.0 Å². The molecule has 0 amide bonds. The number of halogens is 1. The van der Waals surface area contributed by atoms with Crippen LogP contribution in [0.15, 0.2) is 43.9 Å². The summed E-state index contributed by atoms with van der Waals surface area (Å²) in [6, 6.07) is 8.75. The topological polar surface area (TPSA) is 111 Å². The Balaban J connectivity index is 2.66. The van der Waals surface area contributed by atoms with Gasteiger partial charge in [0.05, 0.1) is 0 Å². The van der Waals surface area contributed by atoms with Gasteiger partial charge in [0.15, 0.2) is 0 Å². The van der Waals surface area contributed by atoms with Crippen molar-refractivity contribution >= 4 is 33.6 Å². The SMILES string of the molecule is Cn1c(N)c(C(=O)/C(C#N)=C/c2cccc(Br)c2)c(=O)n(C)c1=O. The summed E-state index contributed by atoms with van der Waals surface area (Å²) in [6.07, 6.45) is 1.36. The minimum absolute atomic E-state index is 0.254. The van der Waals surface area contributed by atoms with Crippen molar-refractivity contribution in [2.24, 2.45) is 14.1 Å². The highest BCUT2D eigenvalue weighted by Gasteiger charge is 2.23. The quantitative estimate of drug-likeness (QED) is 0.482. The molecule has 0 aliphatic heterocycles. The second-order valence-corrected chi connectivity index (χ2v) is 5.94. The van der Waals surface area contributed by atoms with E-state index in [4.69, 9.17) is 5.73 Å². The van der Waals surface area contributed by atoms with Gasteiger partial charge in [-0.15, -0.1) is 0 Å². The third-order valence-electron chi connectivity index (χ3n) is 3.46. The molecule has 0 saturated carbocycles. The van der Waals surface area contributed by atoms with Crippen molar-refractivity contribution < 1.29 is 4.79 Å². The number of carbonyl (C=O) groups is 1. The molecule has 0 atom stereocenters. The number of nitriles is 1. The Kier molecular flexibility index (Phi) is 4.85. The minimum Gasteiger partial charge on any atom is -0.384 e. The first-order valence-electron chi connectivity index (χ1n) is 6.75. The normalized spacial score (nSPS) is 11.2. The summed E-state index contributed by atoms with van der Waals surface area (Å²) >= 11 is 3.30. The molecule has 2 N–H and O–H groups in total. The average Bonchev–Trinajstić information content (AvgIpc) is 2.56. The molecule has 7 nitrogen and oxygen atoms in total. The second-order valence-electron chi connectivity index (χ2n) is 5.02. The zero-order valence-corrected chi connectivity index (χ0v) is 14.5. The fraction of sp³-hybridized carbons (Fsp3) is 0.125. The number of ketones is 1. The van der Waals surface area contributed by atoms with E-state index in [1.807, 2.05) is 0 Å². The van der Waals surface area contributed by atoms with E-state index in [9.17, 15) is 19.6 Å². The first-order chi connectivity index (χ1) is 11.3. The molecular formula is C16H13BrN4O3. The van der Waals surface area contributed by atoms with Crippen molar-refractivity contribution in [2.75, 3.05) is 5.73 Å². The summed E-state index contributed by atoms with van der Waals surface area (Å²) in [6.45, 7) is 0. The highest BCUT2D eigenvalue weighted by atomic mass is 79.9. The van der Waals surface area contributed by atoms with E-state index < -0.39 is 22.6 Å². The van der Waals surface area contributed by atoms with Crippen LogP contribution in [0.2, 0.25) is 0 Å². The van der Waals surface area contributed by atoms with Gasteiger partial charge < -0.3 is 5.73 Å². The lowest BCUT2D eigenvalue weighted by Crippen LogP contribution is -2.41. The molecule has 1 aromatic heterocycles. The van der Waals surface area contributed by atoms with Crippen molar-refractivity contribution in [1.82, 2.24) is 9.13 Å². The van der Waals surface area contributed by atoms with E-state index in [2.05, 4.69) is 15.9 Å². The van der Waals surface area contributed by atoms with Crippen LogP contribution in [0, 0.1) is 11.3 Å². The number of hydrogen-bond donors (Lipinski definition) is 1. The van der Waals surface area contributed by atoms with Gasteiger partial charge >= 0.3 is 5.69 Å². The van der Waals surface area contributed by atoms with Crippen LogP contribution in [0.5, 0.6) is 0 Å². The Morgan fingerprint density at radius 3 is 2.54 bits per heavy atom. The lowest BCUT2D eigenvalue weighted by Gasteiger charge is -2.10. The van der Waals surface area contributed by atoms with Crippen LogP contribution in [-0.2, 0) is 14.1 Å². The van der Waals surface area contributed by atoms with Crippen LogP contribution < -0.4 is 17.0 Å². The number of anilines is 1.